The molecule has 0 bridgehead atoms. The van der Waals surface area contributed by atoms with Gasteiger partial charge in [0, 0.05) is 13.0 Å². The average molecular weight is 262 g/mol. The first-order valence-electron chi connectivity index (χ1n) is 6.43. The lowest BCUT2D eigenvalue weighted by atomic mass is 10.0. The molecule has 1 fully saturated rings. The van der Waals surface area contributed by atoms with E-state index in [1.54, 1.807) is 17.3 Å². The summed E-state index contributed by atoms with van der Waals surface area (Å²) in [5.74, 6) is 0.161. The van der Waals surface area contributed by atoms with Crippen molar-refractivity contribution < 1.29 is 9.59 Å². The number of carbonyl (C=O) groups is 2. The van der Waals surface area contributed by atoms with Crippen molar-refractivity contribution in [3.63, 3.8) is 0 Å². The second-order valence-corrected chi connectivity index (χ2v) is 5.09. The Balaban J connectivity index is 2.23. The normalized spacial score (nSPS) is 20.4. The Morgan fingerprint density at radius 2 is 2.05 bits per heavy atom. The molecule has 0 aromatic carbocycles. The van der Waals surface area contributed by atoms with Crippen molar-refractivity contribution in [2.45, 2.75) is 32.7 Å². The first kappa shape index (κ1) is 13.5. The Labute approximate surface area is 112 Å². The number of carbonyl (C=O) groups excluding carboxylic acids is 2. The molecule has 1 atom stereocenters. The molecule has 1 N–H and O–H groups in total. The maximum absolute atomic E-state index is 12.5. The molecule has 6 nitrogen and oxygen atoms in total. The van der Waals surface area contributed by atoms with Crippen LogP contribution in [-0.2, 0) is 9.59 Å². The van der Waals surface area contributed by atoms with Crippen LogP contribution in [0.3, 0.4) is 0 Å². The van der Waals surface area contributed by atoms with Gasteiger partial charge in [0.2, 0.25) is 11.8 Å². The van der Waals surface area contributed by atoms with E-state index < -0.39 is 6.04 Å². The van der Waals surface area contributed by atoms with Gasteiger partial charge >= 0.3 is 0 Å². The van der Waals surface area contributed by atoms with Crippen LogP contribution in [0.2, 0.25) is 0 Å². The quantitative estimate of drug-likeness (QED) is 0.872. The second kappa shape index (κ2) is 5.77. The van der Waals surface area contributed by atoms with Gasteiger partial charge < -0.3 is 10.2 Å². The van der Waals surface area contributed by atoms with E-state index in [1.807, 2.05) is 13.8 Å². The van der Waals surface area contributed by atoms with E-state index in [0.29, 0.717) is 31.0 Å². The first-order chi connectivity index (χ1) is 9.08. The van der Waals surface area contributed by atoms with Crippen molar-refractivity contribution in [3.8, 4) is 0 Å². The fourth-order valence-corrected chi connectivity index (χ4v) is 2.16. The number of amides is 2. The summed E-state index contributed by atoms with van der Waals surface area (Å²) in [6, 6.07) is -0.463. The van der Waals surface area contributed by atoms with Crippen LogP contribution in [0, 0.1) is 5.92 Å². The monoisotopic (exact) mass is 262 g/mol. The summed E-state index contributed by atoms with van der Waals surface area (Å²) in [6.07, 6.45) is 5.53. The topological polar surface area (TPSA) is 75.2 Å². The lowest BCUT2D eigenvalue weighted by Gasteiger charge is -2.24. The van der Waals surface area contributed by atoms with Crippen molar-refractivity contribution in [2.75, 3.05) is 11.4 Å². The Hall–Kier alpha value is -1.98. The van der Waals surface area contributed by atoms with Gasteiger partial charge in [-0.25, -0.2) is 9.97 Å². The predicted molar refractivity (Wildman–Crippen MR) is 70.4 cm³/mol. The number of rotatable bonds is 3. The summed E-state index contributed by atoms with van der Waals surface area (Å²) in [5, 5.41) is 2.79. The molecule has 1 saturated heterocycles. The van der Waals surface area contributed by atoms with Crippen LogP contribution in [-0.4, -0.2) is 34.4 Å². The maximum atomic E-state index is 12.5. The minimum absolute atomic E-state index is 0.0849. The highest BCUT2D eigenvalue weighted by Crippen LogP contribution is 2.17. The van der Waals surface area contributed by atoms with Gasteiger partial charge in [0.05, 0.1) is 18.1 Å². The van der Waals surface area contributed by atoms with E-state index >= 15 is 0 Å². The SMILES string of the molecule is CC(C)CC1NC(=O)CCN(c2cncnc2)C1=O. The zero-order valence-corrected chi connectivity index (χ0v) is 11.2. The maximum Gasteiger partial charge on any atom is 0.249 e. The minimum Gasteiger partial charge on any atom is -0.344 e. The molecule has 2 heterocycles. The average Bonchev–Trinajstić information content (AvgIpc) is 2.51. The van der Waals surface area contributed by atoms with E-state index in [-0.39, 0.29) is 11.8 Å². The molecule has 0 saturated carbocycles. The summed E-state index contributed by atoms with van der Waals surface area (Å²) in [5.41, 5.74) is 0.637. The molecule has 0 spiro atoms. The number of nitrogens with zero attached hydrogens (tertiary/aromatic N) is 3. The van der Waals surface area contributed by atoms with E-state index in [1.165, 1.54) is 6.33 Å². The Bertz CT molecular complexity index is 461. The third-order valence-corrected chi connectivity index (χ3v) is 3.03. The number of hydrogen-bond acceptors (Lipinski definition) is 4. The van der Waals surface area contributed by atoms with E-state index in [9.17, 15) is 9.59 Å². The lowest BCUT2D eigenvalue weighted by Crippen LogP contribution is -2.45. The van der Waals surface area contributed by atoms with Gasteiger partial charge in [0.25, 0.3) is 0 Å². The molecule has 2 amide bonds. The van der Waals surface area contributed by atoms with Crippen molar-refractivity contribution in [3.05, 3.63) is 18.7 Å². The van der Waals surface area contributed by atoms with E-state index in [2.05, 4.69) is 15.3 Å². The molecule has 1 aromatic rings. The Morgan fingerprint density at radius 1 is 1.37 bits per heavy atom. The largest absolute Gasteiger partial charge is 0.344 e. The molecule has 2 rings (SSSR count). The third-order valence-electron chi connectivity index (χ3n) is 3.03. The third kappa shape index (κ3) is 3.27. The molecule has 6 heteroatoms. The van der Waals surface area contributed by atoms with Gasteiger partial charge in [-0.3, -0.25) is 9.59 Å². The van der Waals surface area contributed by atoms with Crippen LogP contribution in [0.4, 0.5) is 5.69 Å². The molecule has 0 aliphatic carbocycles. The lowest BCUT2D eigenvalue weighted by molar-refractivity contribution is -0.125. The van der Waals surface area contributed by atoms with Crippen LogP contribution >= 0.6 is 0 Å². The number of aromatic nitrogens is 2. The second-order valence-electron chi connectivity index (χ2n) is 5.09. The van der Waals surface area contributed by atoms with Gasteiger partial charge in [-0.1, -0.05) is 13.8 Å². The number of nitrogens with one attached hydrogen (secondary N) is 1. The fourth-order valence-electron chi connectivity index (χ4n) is 2.16. The Morgan fingerprint density at radius 3 is 2.68 bits per heavy atom. The molecule has 1 aliphatic heterocycles. The zero-order valence-electron chi connectivity index (χ0n) is 11.2. The Kier molecular flexibility index (Phi) is 4.09. The molecule has 1 unspecified atom stereocenters. The van der Waals surface area contributed by atoms with Gasteiger partial charge in [-0.15, -0.1) is 0 Å². The van der Waals surface area contributed by atoms with Gasteiger partial charge in [0.1, 0.15) is 12.4 Å². The summed E-state index contributed by atoms with van der Waals surface area (Å²) < 4.78 is 0. The summed E-state index contributed by atoms with van der Waals surface area (Å²) >= 11 is 0. The highest BCUT2D eigenvalue weighted by Gasteiger charge is 2.31. The first-order valence-corrected chi connectivity index (χ1v) is 6.43. The predicted octanol–water partition coefficient (Wildman–Crippen LogP) is 0.744. The van der Waals surface area contributed by atoms with Crippen molar-refractivity contribution in [2.24, 2.45) is 5.92 Å². The molecule has 1 aliphatic rings. The minimum atomic E-state index is -0.463. The number of anilines is 1. The fraction of sp³-hybridized carbons (Fsp3) is 0.538. The molecule has 1 aromatic heterocycles. The molecule has 0 radical (unpaired) electrons. The van der Waals surface area contributed by atoms with Crippen LogP contribution in [0.1, 0.15) is 26.7 Å². The highest BCUT2D eigenvalue weighted by molar-refractivity contribution is 6.01. The van der Waals surface area contributed by atoms with E-state index in [0.717, 1.165) is 0 Å². The molecule has 19 heavy (non-hydrogen) atoms. The zero-order chi connectivity index (χ0) is 13.8. The van der Waals surface area contributed by atoms with Gasteiger partial charge in [0.15, 0.2) is 0 Å². The molecule has 102 valence electrons. The van der Waals surface area contributed by atoms with Crippen molar-refractivity contribution >= 4 is 17.5 Å². The summed E-state index contributed by atoms with van der Waals surface area (Å²) in [4.78, 5) is 33.6. The summed E-state index contributed by atoms with van der Waals surface area (Å²) in [7, 11) is 0. The van der Waals surface area contributed by atoms with Crippen LogP contribution in [0.5, 0.6) is 0 Å². The van der Waals surface area contributed by atoms with Gasteiger partial charge in [-0.2, -0.15) is 0 Å². The smallest absolute Gasteiger partial charge is 0.249 e. The van der Waals surface area contributed by atoms with Crippen LogP contribution < -0.4 is 10.2 Å². The van der Waals surface area contributed by atoms with E-state index in [4.69, 9.17) is 0 Å². The highest BCUT2D eigenvalue weighted by atomic mass is 16.2. The molecular weight excluding hydrogens is 244 g/mol. The molecular formula is C13H18N4O2. The summed E-state index contributed by atoms with van der Waals surface area (Å²) in [6.45, 7) is 4.42. The number of hydrogen-bond donors (Lipinski definition) is 1. The van der Waals surface area contributed by atoms with Crippen LogP contribution in [0.25, 0.3) is 0 Å². The van der Waals surface area contributed by atoms with Crippen LogP contribution in [0.15, 0.2) is 18.7 Å². The van der Waals surface area contributed by atoms with Gasteiger partial charge in [-0.05, 0) is 12.3 Å². The standard InChI is InChI=1S/C13H18N4O2/c1-9(2)5-11-13(19)17(4-3-12(18)16-11)10-6-14-8-15-7-10/h6-9,11H,3-5H2,1-2H3,(H,16,18). The van der Waals surface area contributed by atoms with Crippen molar-refractivity contribution in [1.82, 2.24) is 15.3 Å². The van der Waals surface area contributed by atoms with Crippen molar-refractivity contribution in [1.29, 1.82) is 0 Å².